The van der Waals surface area contributed by atoms with Crippen LogP contribution in [0.4, 0.5) is 5.69 Å². The maximum absolute atomic E-state index is 12.7. The highest BCUT2D eigenvalue weighted by molar-refractivity contribution is 7.89. The number of benzene rings is 1. The standard InChI is InChI=1S/C14H21N3O2S/c1-3-5-8-17(4-2)20(18,19)14-10-16-13-7-6-11(15)9-12(13)14/h6-7,9-10,16H,3-5,8,15H2,1-2H3. The van der Waals surface area contributed by atoms with Crippen LogP contribution in [0.15, 0.2) is 29.3 Å². The van der Waals surface area contributed by atoms with Gasteiger partial charge in [0, 0.05) is 35.9 Å². The van der Waals surface area contributed by atoms with Crippen molar-refractivity contribution < 1.29 is 8.42 Å². The number of sulfonamides is 1. The summed E-state index contributed by atoms with van der Waals surface area (Å²) in [6.07, 6.45) is 3.37. The molecule has 0 aliphatic heterocycles. The Hall–Kier alpha value is -1.53. The van der Waals surface area contributed by atoms with Gasteiger partial charge in [-0.25, -0.2) is 8.42 Å². The second-order valence-corrected chi connectivity index (χ2v) is 6.71. The van der Waals surface area contributed by atoms with Crippen LogP contribution in [0.1, 0.15) is 26.7 Å². The Bertz CT molecular complexity index is 692. The van der Waals surface area contributed by atoms with Crippen LogP contribution >= 0.6 is 0 Å². The van der Waals surface area contributed by atoms with Gasteiger partial charge in [0.1, 0.15) is 4.90 Å². The van der Waals surface area contributed by atoms with E-state index in [1.807, 2.05) is 13.8 Å². The zero-order valence-electron chi connectivity index (χ0n) is 11.9. The molecule has 2 rings (SSSR count). The number of aromatic amines is 1. The van der Waals surface area contributed by atoms with Crippen LogP contribution in [-0.2, 0) is 10.0 Å². The highest BCUT2D eigenvalue weighted by Crippen LogP contribution is 2.27. The molecule has 0 saturated carbocycles. The summed E-state index contributed by atoms with van der Waals surface area (Å²) in [6.45, 7) is 4.92. The van der Waals surface area contributed by atoms with Crippen molar-refractivity contribution in [2.45, 2.75) is 31.6 Å². The summed E-state index contributed by atoms with van der Waals surface area (Å²) in [6, 6.07) is 5.25. The van der Waals surface area contributed by atoms with Crippen molar-refractivity contribution in [2.75, 3.05) is 18.8 Å². The molecule has 0 radical (unpaired) electrons. The molecule has 110 valence electrons. The average molecular weight is 295 g/mol. The van der Waals surface area contributed by atoms with E-state index in [1.165, 1.54) is 4.31 Å². The lowest BCUT2D eigenvalue weighted by Crippen LogP contribution is -2.31. The number of fused-ring (bicyclic) bond motifs is 1. The lowest BCUT2D eigenvalue weighted by molar-refractivity contribution is 0.419. The van der Waals surface area contributed by atoms with Crippen LogP contribution < -0.4 is 5.73 Å². The van der Waals surface area contributed by atoms with E-state index in [-0.39, 0.29) is 0 Å². The summed E-state index contributed by atoms with van der Waals surface area (Å²) < 4.78 is 27.0. The molecule has 0 bridgehead atoms. The van der Waals surface area contributed by atoms with E-state index < -0.39 is 10.0 Å². The van der Waals surface area contributed by atoms with Crippen molar-refractivity contribution in [1.82, 2.24) is 9.29 Å². The Morgan fingerprint density at radius 1 is 1.30 bits per heavy atom. The van der Waals surface area contributed by atoms with E-state index >= 15 is 0 Å². The van der Waals surface area contributed by atoms with Crippen molar-refractivity contribution in [3.63, 3.8) is 0 Å². The van der Waals surface area contributed by atoms with E-state index in [0.717, 1.165) is 18.4 Å². The lowest BCUT2D eigenvalue weighted by atomic mass is 10.2. The largest absolute Gasteiger partial charge is 0.399 e. The van der Waals surface area contributed by atoms with Crippen molar-refractivity contribution in [3.05, 3.63) is 24.4 Å². The Labute approximate surface area is 119 Å². The summed E-state index contributed by atoms with van der Waals surface area (Å²) in [5.74, 6) is 0. The van der Waals surface area contributed by atoms with Gasteiger partial charge in [0.2, 0.25) is 10.0 Å². The number of unbranched alkanes of at least 4 members (excludes halogenated alkanes) is 1. The van der Waals surface area contributed by atoms with E-state index in [0.29, 0.717) is 29.1 Å². The summed E-state index contributed by atoms with van der Waals surface area (Å²) in [4.78, 5) is 3.30. The number of hydrogen-bond donors (Lipinski definition) is 2. The summed E-state index contributed by atoms with van der Waals surface area (Å²) >= 11 is 0. The Morgan fingerprint density at radius 3 is 2.70 bits per heavy atom. The van der Waals surface area contributed by atoms with Gasteiger partial charge in [-0.1, -0.05) is 20.3 Å². The summed E-state index contributed by atoms with van der Waals surface area (Å²) in [5.41, 5.74) is 7.10. The highest BCUT2D eigenvalue weighted by atomic mass is 32.2. The molecule has 3 N–H and O–H groups in total. The van der Waals surface area contributed by atoms with Crippen molar-refractivity contribution in [1.29, 1.82) is 0 Å². The molecule has 6 heteroatoms. The number of hydrogen-bond acceptors (Lipinski definition) is 3. The van der Waals surface area contributed by atoms with Crippen LogP contribution in [0.3, 0.4) is 0 Å². The predicted octanol–water partition coefficient (Wildman–Crippen LogP) is 2.56. The fraction of sp³-hybridized carbons (Fsp3) is 0.429. The molecular weight excluding hydrogens is 274 g/mol. The molecule has 0 spiro atoms. The summed E-state index contributed by atoms with van der Waals surface area (Å²) in [7, 11) is -3.48. The average Bonchev–Trinajstić information content (AvgIpc) is 2.82. The SMILES string of the molecule is CCCCN(CC)S(=O)(=O)c1c[nH]c2ccc(N)cc12. The molecule has 0 atom stereocenters. The first-order chi connectivity index (χ1) is 9.50. The third-order valence-electron chi connectivity index (χ3n) is 3.40. The van der Waals surface area contributed by atoms with Crippen LogP contribution in [0.5, 0.6) is 0 Å². The molecule has 0 aliphatic carbocycles. The first-order valence-electron chi connectivity index (χ1n) is 6.87. The molecule has 0 saturated heterocycles. The predicted molar refractivity (Wildman–Crippen MR) is 82.1 cm³/mol. The first-order valence-corrected chi connectivity index (χ1v) is 8.31. The molecule has 0 aliphatic rings. The number of anilines is 1. The second-order valence-electron chi connectivity index (χ2n) is 4.81. The third-order valence-corrected chi connectivity index (χ3v) is 5.41. The Morgan fingerprint density at radius 2 is 2.05 bits per heavy atom. The van der Waals surface area contributed by atoms with E-state index in [2.05, 4.69) is 4.98 Å². The maximum Gasteiger partial charge on any atom is 0.245 e. The smallest absolute Gasteiger partial charge is 0.245 e. The van der Waals surface area contributed by atoms with Crippen LogP contribution in [0.25, 0.3) is 10.9 Å². The number of H-pyrrole nitrogens is 1. The maximum atomic E-state index is 12.7. The van der Waals surface area contributed by atoms with Gasteiger partial charge in [-0.15, -0.1) is 0 Å². The minimum Gasteiger partial charge on any atom is -0.399 e. The highest BCUT2D eigenvalue weighted by Gasteiger charge is 2.25. The minimum atomic E-state index is -3.48. The third kappa shape index (κ3) is 2.66. The molecule has 0 fully saturated rings. The zero-order chi connectivity index (χ0) is 14.8. The molecule has 1 aromatic heterocycles. The number of nitrogens with two attached hydrogens (primary N) is 1. The van der Waals surface area contributed by atoms with Crippen LogP contribution in [0, 0.1) is 0 Å². The molecule has 1 aromatic carbocycles. The molecule has 0 unspecified atom stereocenters. The number of nitrogen functional groups attached to an aromatic ring is 1. The van der Waals surface area contributed by atoms with Crippen molar-refractivity contribution >= 4 is 26.6 Å². The molecule has 20 heavy (non-hydrogen) atoms. The zero-order valence-corrected chi connectivity index (χ0v) is 12.7. The molecule has 0 amide bonds. The van der Waals surface area contributed by atoms with E-state index in [1.54, 1.807) is 24.4 Å². The van der Waals surface area contributed by atoms with Gasteiger partial charge in [-0.2, -0.15) is 4.31 Å². The molecule has 2 aromatic rings. The van der Waals surface area contributed by atoms with Gasteiger partial charge in [0.25, 0.3) is 0 Å². The fourth-order valence-corrected chi connectivity index (χ4v) is 3.89. The topological polar surface area (TPSA) is 79.2 Å². The van der Waals surface area contributed by atoms with Gasteiger partial charge in [0.05, 0.1) is 0 Å². The summed E-state index contributed by atoms with van der Waals surface area (Å²) in [5, 5.41) is 0.653. The molecule has 5 nitrogen and oxygen atoms in total. The quantitative estimate of drug-likeness (QED) is 0.804. The number of aromatic nitrogens is 1. The van der Waals surface area contributed by atoms with Gasteiger partial charge < -0.3 is 10.7 Å². The number of nitrogens with one attached hydrogen (secondary N) is 1. The van der Waals surface area contributed by atoms with Gasteiger partial charge in [-0.3, -0.25) is 0 Å². The minimum absolute atomic E-state index is 0.303. The van der Waals surface area contributed by atoms with Gasteiger partial charge in [-0.05, 0) is 24.6 Å². The molecule has 1 heterocycles. The van der Waals surface area contributed by atoms with Crippen LogP contribution in [0.2, 0.25) is 0 Å². The first kappa shape index (κ1) is 14.9. The van der Waals surface area contributed by atoms with Gasteiger partial charge in [0.15, 0.2) is 0 Å². The number of nitrogens with zero attached hydrogens (tertiary/aromatic N) is 1. The lowest BCUT2D eigenvalue weighted by Gasteiger charge is -2.19. The second kappa shape index (κ2) is 5.85. The molecular formula is C14H21N3O2S. The normalized spacial score (nSPS) is 12.3. The Balaban J connectivity index is 2.47. The van der Waals surface area contributed by atoms with E-state index in [9.17, 15) is 8.42 Å². The van der Waals surface area contributed by atoms with Crippen molar-refractivity contribution in [2.24, 2.45) is 0 Å². The number of rotatable bonds is 6. The monoisotopic (exact) mass is 295 g/mol. The van der Waals surface area contributed by atoms with Crippen molar-refractivity contribution in [3.8, 4) is 0 Å². The fourth-order valence-electron chi connectivity index (χ4n) is 2.25. The van der Waals surface area contributed by atoms with Gasteiger partial charge >= 0.3 is 0 Å². The van der Waals surface area contributed by atoms with Crippen LogP contribution in [-0.4, -0.2) is 30.8 Å². The Kier molecular flexibility index (Phi) is 4.35. The van der Waals surface area contributed by atoms with E-state index in [4.69, 9.17) is 5.73 Å².